The number of ketones is 1. The Morgan fingerprint density at radius 3 is 2.49 bits per heavy atom. The van der Waals surface area contributed by atoms with Crippen molar-refractivity contribution >= 4 is 40.2 Å². The molecule has 198 valence electrons. The molecule has 7 nitrogen and oxygen atoms in total. The van der Waals surface area contributed by atoms with Gasteiger partial charge in [-0.3, -0.25) is 9.48 Å². The first-order valence-corrected chi connectivity index (χ1v) is 13.4. The first-order valence-electron chi connectivity index (χ1n) is 13.0. The van der Waals surface area contributed by atoms with E-state index >= 15 is 0 Å². The van der Waals surface area contributed by atoms with Crippen LogP contribution in [0, 0.1) is 5.41 Å². The van der Waals surface area contributed by atoms with Crippen molar-refractivity contribution in [3.63, 3.8) is 0 Å². The summed E-state index contributed by atoms with van der Waals surface area (Å²) in [4.78, 5) is 18.1. The van der Waals surface area contributed by atoms with E-state index in [1.165, 1.54) is 5.56 Å². The van der Waals surface area contributed by atoms with Gasteiger partial charge in [-0.2, -0.15) is 5.10 Å². The first kappa shape index (κ1) is 26.3. The van der Waals surface area contributed by atoms with Gasteiger partial charge in [-0.1, -0.05) is 74.6 Å². The third-order valence-electron chi connectivity index (χ3n) is 6.56. The van der Waals surface area contributed by atoms with E-state index in [0.29, 0.717) is 30.1 Å². The molecule has 39 heavy (non-hydrogen) atoms. The highest BCUT2D eigenvalue weighted by molar-refractivity contribution is 7.81. The minimum absolute atomic E-state index is 0.0618. The Morgan fingerprint density at radius 2 is 1.72 bits per heavy atom. The Labute approximate surface area is 234 Å². The Morgan fingerprint density at radius 1 is 0.974 bits per heavy atom. The number of aromatic nitrogens is 3. The Bertz CT molecular complexity index is 1490. The maximum atomic E-state index is 13.2. The number of nitrogens with one attached hydrogen (secondary N) is 3. The van der Waals surface area contributed by atoms with Gasteiger partial charge in [-0.05, 0) is 47.2 Å². The van der Waals surface area contributed by atoms with Crippen molar-refractivity contribution < 1.29 is 4.79 Å². The number of anilines is 3. The molecule has 5 rings (SSSR count). The van der Waals surface area contributed by atoms with Crippen molar-refractivity contribution in [3.05, 3.63) is 114 Å². The molecule has 1 aliphatic rings. The molecule has 2 aromatic heterocycles. The summed E-state index contributed by atoms with van der Waals surface area (Å²) in [6.45, 7) is 5.47. The van der Waals surface area contributed by atoms with Crippen LogP contribution in [0.4, 0.5) is 17.2 Å². The Hall–Kier alpha value is -4.30. The number of hydrogen-bond acceptors (Lipinski definition) is 6. The highest BCUT2D eigenvalue weighted by atomic mass is 32.1. The molecule has 2 aromatic carbocycles. The minimum Gasteiger partial charge on any atom is -0.384 e. The van der Waals surface area contributed by atoms with E-state index in [4.69, 9.17) is 12.2 Å². The van der Waals surface area contributed by atoms with Gasteiger partial charge in [0, 0.05) is 36.7 Å². The van der Waals surface area contributed by atoms with Gasteiger partial charge in [0.1, 0.15) is 10.8 Å². The van der Waals surface area contributed by atoms with Gasteiger partial charge in [0.2, 0.25) is 0 Å². The lowest BCUT2D eigenvalue weighted by Gasteiger charge is -2.33. The van der Waals surface area contributed by atoms with Crippen LogP contribution < -0.4 is 16.0 Å². The van der Waals surface area contributed by atoms with Crippen molar-refractivity contribution in [1.82, 2.24) is 20.1 Å². The molecule has 0 atom stereocenters. The minimum atomic E-state index is -0.143. The summed E-state index contributed by atoms with van der Waals surface area (Å²) in [5.74, 6) is 0.788. The number of nitrogens with zero attached hydrogens (tertiary/aromatic N) is 3. The van der Waals surface area contributed by atoms with Crippen molar-refractivity contribution in [2.24, 2.45) is 5.41 Å². The van der Waals surface area contributed by atoms with Crippen molar-refractivity contribution in [3.8, 4) is 0 Å². The van der Waals surface area contributed by atoms with E-state index in [1.807, 2.05) is 71.5 Å². The van der Waals surface area contributed by atoms with Gasteiger partial charge in [-0.25, -0.2) is 4.98 Å². The van der Waals surface area contributed by atoms with Crippen LogP contribution in [0.1, 0.15) is 37.8 Å². The van der Waals surface area contributed by atoms with Crippen molar-refractivity contribution in [2.45, 2.75) is 39.8 Å². The molecule has 0 unspecified atom stereocenters. The van der Waals surface area contributed by atoms with Crippen LogP contribution in [-0.4, -0.2) is 25.5 Å². The summed E-state index contributed by atoms with van der Waals surface area (Å²) in [5.41, 5.74) is 5.26. The molecule has 1 aliphatic carbocycles. The second-order valence-corrected chi connectivity index (χ2v) is 11.0. The van der Waals surface area contributed by atoms with E-state index in [9.17, 15) is 4.79 Å². The molecule has 8 heteroatoms. The van der Waals surface area contributed by atoms with Crippen LogP contribution in [0.15, 0.2) is 103 Å². The largest absolute Gasteiger partial charge is 0.384 e. The molecule has 0 bridgehead atoms. The summed E-state index contributed by atoms with van der Waals surface area (Å²) in [6, 6.07) is 23.9. The third kappa shape index (κ3) is 6.97. The second kappa shape index (κ2) is 11.6. The number of benzene rings is 2. The highest BCUT2D eigenvalue weighted by Crippen LogP contribution is 2.36. The molecule has 3 N–H and O–H groups in total. The molecule has 0 amide bonds. The molecule has 0 radical (unpaired) electrons. The van der Waals surface area contributed by atoms with E-state index < -0.39 is 0 Å². The number of carbonyl (C=O) groups is 1. The fraction of sp³-hybridized carbons (Fsp3) is 0.226. The monoisotopic (exact) mass is 536 g/mol. The zero-order valence-electron chi connectivity index (χ0n) is 22.1. The normalized spacial score (nSPS) is 14.7. The summed E-state index contributed by atoms with van der Waals surface area (Å²) in [6.07, 6.45) is 6.74. The fourth-order valence-corrected chi connectivity index (χ4v) is 5.10. The Balaban J connectivity index is 1.28. The summed E-state index contributed by atoms with van der Waals surface area (Å²) >= 11 is 5.70. The van der Waals surface area contributed by atoms with Gasteiger partial charge >= 0.3 is 0 Å². The number of allylic oxidation sites excluding steroid dienone is 1. The van der Waals surface area contributed by atoms with Gasteiger partial charge in [0.25, 0.3) is 0 Å². The number of pyridine rings is 1. The SMILES string of the molecule is CC1(C)CC(=O)C(C(=S)Nc2ccccc2)=C(NCc2ccnc(Nc3cnn(Cc4ccccc4)c3)c2)C1. The molecular formula is C31H32N6OS. The van der Waals surface area contributed by atoms with Crippen LogP contribution in [0.5, 0.6) is 0 Å². The van der Waals surface area contributed by atoms with Gasteiger partial charge in [-0.15, -0.1) is 0 Å². The van der Waals surface area contributed by atoms with Crippen LogP contribution in [0.3, 0.4) is 0 Å². The standard InChI is InChI=1S/C31H32N6OS/c1-31(2)16-26(29(27(38)17-31)30(39)36-24-11-7-4-8-12-24)33-18-23-13-14-32-28(15-23)35-25-19-34-37(21-25)20-22-9-5-3-6-10-22/h3-15,19,21,33H,16-18,20H2,1-2H3,(H,32,35)(H,36,39). The van der Waals surface area contributed by atoms with E-state index in [2.05, 4.69) is 52.0 Å². The van der Waals surface area contributed by atoms with Crippen LogP contribution >= 0.6 is 12.2 Å². The topological polar surface area (TPSA) is 83.9 Å². The molecule has 0 aliphatic heterocycles. The number of hydrogen-bond donors (Lipinski definition) is 3. The molecular weight excluding hydrogens is 504 g/mol. The predicted octanol–water partition coefficient (Wildman–Crippen LogP) is 6.24. The Kier molecular flexibility index (Phi) is 7.84. The fourth-order valence-electron chi connectivity index (χ4n) is 4.74. The average Bonchev–Trinajstić information content (AvgIpc) is 3.34. The maximum absolute atomic E-state index is 13.2. The lowest BCUT2D eigenvalue weighted by Crippen LogP contribution is -2.35. The van der Waals surface area contributed by atoms with Crippen LogP contribution in [-0.2, 0) is 17.9 Å². The van der Waals surface area contributed by atoms with Crippen molar-refractivity contribution in [1.29, 1.82) is 0 Å². The summed E-state index contributed by atoms with van der Waals surface area (Å²) in [5, 5.41) is 14.6. The predicted molar refractivity (Wildman–Crippen MR) is 160 cm³/mol. The third-order valence-corrected chi connectivity index (χ3v) is 6.86. The lowest BCUT2D eigenvalue weighted by molar-refractivity contribution is -0.117. The van der Waals surface area contributed by atoms with Gasteiger partial charge in [0.05, 0.1) is 24.0 Å². The number of carbonyl (C=O) groups excluding carboxylic acids is 1. The maximum Gasteiger partial charge on any atom is 0.168 e. The second-order valence-electron chi connectivity index (χ2n) is 10.6. The summed E-state index contributed by atoms with van der Waals surface area (Å²) < 4.78 is 1.89. The summed E-state index contributed by atoms with van der Waals surface area (Å²) in [7, 11) is 0. The van der Waals surface area contributed by atoms with Crippen molar-refractivity contribution in [2.75, 3.05) is 10.6 Å². The first-order chi connectivity index (χ1) is 18.8. The van der Waals surface area contributed by atoms with Gasteiger partial charge < -0.3 is 16.0 Å². The molecule has 4 aromatic rings. The number of rotatable bonds is 9. The molecule has 0 fully saturated rings. The molecule has 2 heterocycles. The smallest absolute Gasteiger partial charge is 0.168 e. The number of thiocarbonyl (C=S) groups is 1. The zero-order chi connectivity index (χ0) is 27.2. The average molecular weight is 537 g/mol. The number of para-hydroxylation sites is 1. The van der Waals surface area contributed by atoms with Gasteiger partial charge in [0.15, 0.2) is 5.78 Å². The quantitative estimate of drug-likeness (QED) is 0.218. The van der Waals surface area contributed by atoms with E-state index in [-0.39, 0.29) is 11.2 Å². The van der Waals surface area contributed by atoms with Crippen LogP contribution in [0.25, 0.3) is 0 Å². The zero-order valence-corrected chi connectivity index (χ0v) is 23.0. The highest BCUT2D eigenvalue weighted by Gasteiger charge is 2.34. The molecule has 0 saturated carbocycles. The molecule has 0 saturated heterocycles. The lowest BCUT2D eigenvalue weighted by atomic mass is 9.75. The molecule has 0 spiro atoms. The van der Waals surface area contributed by atoms with E-state index in [1.54, 1.807) is 12.4 Å². The van der Waals surface area contributed by atoms with E-state index in [0.717, 1.165) is 34.9 Å². The van der Waals surface area contributed by atoms with Crippen LogP contribution in [0.2, 0.25) is 0 Å². The number of Topliss-reactive ketones (excluding diaryl/α,β-unsaturated/α-hetero) is 1.